The largest absolute Gasteiger partial charge is 0.478 e. The second-order valence-electron chi connectivity index (χ2n) is 6.55. The van der Waals surface area contributed by atoms with Crippen molar-refractivity contribution in [1.29, 1.82) is 0 Å². The molecule has 4 nitrogen and oxygen atoms in total. The SMILES string of the molecule is CC(C)(Oc1ccc(Cl)cc1)C(=O)N1[C@@H]2CCC[C@@H]1COC2. The van der Waals surface area contributed by atoms with Crippen molar-refractivity contribution in [2.75, 3.05) is 13.2 Å². The molecule has 0 saturated carbocycles. The van der Waals surface area contributed by atoms with Crippen LogP contribution in [0.4, 0.5) is 0 Å². The van der Waals surface area contributed by atoms with Gasteiger partial charge >= 0.3 is 0 Å². The van der Waals surface area contributed by atoms with Gasteiger partial charge in [0.1, 0.15) is 5.75 Å². The lowest BCUT2D eigenvalue weighted by atomic mass is 9.92. The van der Waals surface area contributed by atoms with Crippen molar-refractivity contribution in [3.05, 3.63) is 29.3 Å². The third-order valence-corrected chi connectivity index (χ3v) is 4.67. The van der Waals surface area contributed by atoms with Gasteiger partial charge in [-0.25, -0.2) is 0 Å². The van der Waals surface area contributed by atoms with Gasteiger partial charge < -0.3 is 14.4 Å². The monoisotopic (exact) mass is 323 g/mol. The Morgan fingerprint density at radius 3 is 2.41 bits per heavy atom. The van der Waals surface area contributed by atoms with Crippen molar-refractivity contribution in [3.8, 4) is 5.75 Å². The minimum atomic E-state index is -0.904. The van der Waals surface area contributed by atoms with Crippen molar-refractivity contribution in [2.24, 2.45) is 0 Å². The Labute approximate surface area is 136 Å². The van der Waals surface area contributed by atoms with E-state index in [1.807, 2.05) is 18.7 Å². The Balaban J connectivity index is 1.76. The lowest BCUT2D eigenvalue weighted by Crippen LogP contribution is -2.62. The van der Waals surface area contributed by atoms with E-state index in [0.717, 1.165) is 12.8 Å². The van der Waals surface area contributed by atoms with Crippen LogP contribution in [0.25, 0.3) is 0 Å². The summed E-state index contributed by atoms with van der Waals surface area (Å²) in [7, 11) is 0. The van der Waals surface area contributed by atoms with Gasteiger partial charge in [0.25, 0.3) is 5.91 Å². The molecule has 0 N–H and O–H groups in total. The van der Waals surface area contributed by atoms with Crippen molar-refractivity contribution < 1.29 is 14.3 Å². The Kier molecular flexibility index (Phi) is 4.33. The summed E-state index contributed by atoms with van der Waals surface area (Å²) >= 11 is 5.89. The fourth-order valence-corrected chi connectivity index (χ4v) is 3.44. The highest BCUT2D eigenvalue weighted by Crippen LogP contribution is 2.31. The highest BCUT2D eigenvalue weighted by atomic mass is 35.5. The number of carbonyl (C=O) groups is 1. The van der Waals surface area contributed by atoms with Gasteiger partial charge in [0.15, 0.2) is 5.60 Å². The zero-order valence-electron chi connectivity index (χ0n) is 13.0. The van der Waals surface area contributed by atoms with E-state index in [2.05, 4.69) is 0 Å². The van der Waals surface area contributed by atoms with Gasteiger partial charge in [0.05, 0.1) is 25.3 Å². The number of morpholine rings is 1. The number of halogens is 1. The molecular formula is C17H22ClNO3. The first kappa shape index (κ1) is 15.6. The van der Waals surface area contributed by atoms with E-state index in [-0.39, 0.29) is 18.0 Å². The summed E-state index contributed by atoms with van der Waals surface area (Å²) in [6.07, 6.45) is 3.19. The molecule has 1 aromatic carbocycles. The molecule has 22 heavy (non-hydrogen) atoms. The lowest BCUT2D eigenvalue weighted by Gasteiger charge is -2.48. The summed E-state index contributed by atoms with van der Waals surface area (Å²) in [5.74, 6) is 0.696. The van der Waals surface area contributed by atoms with E-state index in [0.29, 0.717) is 24.0 Å². The zero-order valence-corrected chi connectivity index (χ0v) is 13.8. The van der Waals surface area contributed by atoms with Gasteiger partial charge in [-0.05, 0) is 57.4 Å². The Morgan fingerprint density at radius 2 is 1.82 bits per heavy atom. The maximum atomic E-state index is 13.0. The maximum absolute atomic E-state index is 13.0. The minimum Gasteiger partial charge on any atom is -0.478 e. The summed E-state index contributed by atoms with van der Waals surface area (Å²) in [6, 6.07) is 7.48. The van der Waals surface area contributed by atoms with Crippen LogP contribution in [0.1, 0.15) is 33.1 Å². The molecule has 0 aromatic heterocycles. The van der Waals surface area contributed by atoms with E-state index in [1.165, 1.54) is 6.42 Å². The first-order valence-electron chi connectivity index (χ1n) is 7.82. The fourth-order valence-electron chi connectivity index (χ4n) is 3.32. The normalized spacial score (nSPS) is 25.0. The number of benzene rings is 1. The number of nitrogens with zero attached hydrogens (tertiary/aromatic N) is 1. The minimum absolute atomic E-state index is 0.0421. The van der Waals surface area contributed by atoms with Crippen LogP contribution in [0, 0.1) is 0 Å². The molecule has 0 spiro atoms. The molecule has 1 amide bonds. The second kappa shape index (κ2) is 6.09. The molecule has 5 heteroatoms. The number of hydrogen-bond donors (Lipinski definition) is 0. The molecule has 2 heterocycles. The van der Waals surface area contributed by atoms with E-state index in [1.54, 1.807) is 24.3 Å². The maximum Gasteiger partial charge on any atom is 0.266 e. The average molecular weight is 324 g/mol. The lowest BCUT2D eigenvalue weighted by molar-refractivity contribution is -0.164. The summed E-state index contributed by atoms with van der Waals surface area (Å²) < 4.78 is 11.6. The number of ether oxygens (including phenoxy) is 2. The fraction of sp³-hybridized carbons (Fsp3) is 0.588. The molecule has 0 radical (unpaired) electrons. The van der Waals surface area contributed by atoms with Gasteiger partial charge in [-0.3, -0.25) is 4.79 Å². The van der Waals surface area contributed by atoms with E-state index in [4.69, 9.17) is 21.1 Å². The topological polar surface area (TPSA) is 38.8 Å². The van der Waals surface area contributed by atoms with Crippen molar-refractivity contribution in [2.45, 2.75) is 50.8 Å². The summed E-state index contributed by atoms with van der Waals surface area (Å²) in [5, 5.41) is 0.652. The van der Waals surface area contributed by atoms with Gasteiger partial charge in [-0.2, -0.15) is 0 Å². The third-order valence-electron chi connectivity index (χ3n) is 4.42. The van der Waals surface area contributed by atoms with E-state index < -0.39 is 5.60 Å². The number of hydrogen-bond acceptors (Lipinski definition) is 3. The van der Waals surface area contributed by atoms with Crippen LogP contribution in [0.5, 0.6) is 5.75 Å². The first-order chi connectivity index (χ1) is 10.5. The Morgan fingerprint density at radius 1 is 1.23 bits per heavy atom. The Hall–Kier alpha value is -1.26. The van der Waals surface area contributed by atoms with Gasteiger partial charge in [0, 0.05) is 5.02 Å². The second-order valence-corrected chi connectivity index (χ2v) is 6.99. The summed E-state index contributed by atoms with van der Waals surface area (Å²) in [6.45, 7) is 4.93. The highest BCUT2D eigenvalue weighted by Gasteiger charge is 2.44. The summed E-state index contributed by atoms with van der Waals surface area (Å²) in [4.78, 5) is 15.0. The molecule has 2 bridgehead atoms. The quantitative estimate of drug-likeness (QED) is 0.857. The zero-order chi connectivity index (χ0) is 15.7. The van der Waals surface area contributed by atoms with Crippen molar-refractivity contribution >= 4 is 17.5 Å². The molecule has 2 fully saturated rings. The number of rotatable bonds is 3. The first-order valence-corrected chi connectivity index (χ1v) is 8.20. The van der Waals surface area contributed by atoms with E-state index >= 15 is 0 Å². The van der Waals surface area contributed by atoms with Crippen LogP contribution < -0.4 is 4.74 Å². The van der Waals surface area contributed by atoms with Crippen LogP contribution in [0.15, 0.2) is 24.3 Å². The van der Waals surface area contributed by atoms with Crippen LogP contribution in [-0.2, 0) is 9.53 Å². The van der Waals surface area contributed by atoms with Crippen molar-refractivity contribution in [1.82, 2.24) is 4.90 Å². The number of fused-ring (bicyclic) bond motifs is 2. The van der Waals surface area contributed by atoms with Crippen LogP contribution in [0.3, 0.4) is 0 Å². The van der Waals surface area contributed by atoms with Crippen LogP contribution in [0.2, 0.25) is 5.02 Å². The molecule has 3 rings (SSSR count). The molecule has 1 aromatic rings. The predicted molar refractivity (Wildman–Crippen MR) is 85.3 cm³/mol. The number of piperidine rings is 1. The molecule has 2 aliphatic heterocycles. The number of amides is 1. The molecule has 2 atom stereocenters. The molecule has 120 valence electrons. The Bertz CT molecular complexity index is 521. The van der Waals surface area contributed by atoms with Crippen molar-refractivity contribution in [3.63, 3.8) is 0 Å². The van der Waals surface area contributed by atoms with Crippen LogP contribution in [-0.4, -0.2) is 41.7 Å². The average Bonchev–Trinajstić information content (AvgIpc) is 2.48. The molecule has 0 aliphatic carbocycles. The molecule has 2 saturated heterocycles. The third kappa shape index (κ3) is 3.08. The smallest absolute Gasteiger partial charge is 0.266 e. The molecule has 2 aliphatic rings. The summed E-state index contributed by atoms with van der Waals surface area (Å²) in [5.41, 5.74) is -0.904. The van der Waals surface area contributed by atoms with Gasteiger partial charge in [-0.1, -0.05) is 11.6 Å². The van der Waals surface area contributed by atoms with Crippen LogP contribution >= 0.6 is 11.6 Å². The van der Waals surface area contributed by atoms with Gasteiger partial charge in [0.2, 0.25) is 0 Å². The number of carbonyl (C=O) groups excluding carboxylic acids is 1. The highest BCUT2D eigenvalue weighted by molar-refractivity contribution is 6.30. The van der Waals surface area contributed by atoms with Gasteiger partial charge in [-0.15, -0.1) is 0 Å². The van der Waals surface area contributed by atoms with E-state index in [9.17, 15) is 4.79 Å². The standard InChI is InChI=1S/C17H22ClNO3/c1-17(2,22-15-8-6-12(18)7-9-15)16(20)19-13-4-3-5-14(19)11-21-10-13/h6-9,13-14H,3-5,10-11H2,1-2H3/t13-,14-/m1/s1. The molecule has 0 unspecified atom stereocenters. The molecular weight excluding hydrogens is 302 g/mol. The predicted octanol–water partition coefficient (Wildman–Crippen LogP) is 3.28.